The summed E-state index contributed by atoms with van der Waals surface area (Å²) in [5.41, 5.74) is 1.31. The molecule has 0 fully saturated rings. The van der Waals surface area contributed by atoms with Gasteiger partial charge in [0.2, 0.25) is 0 Å². The van der Waals surface area contributed by atoms with Crippen molar-refractivity contribution < 1.29 is 4.79 Å². The van der Waals surface area contributed by atoms with Gasteiger partial charge in [0.1, 0.15) is 0 Å². The van der Waals surface area contributed by atoms with Gasteiger partial charge in [-0.2, -0.15) is 0 Å². The monoisotopic (exact) mass is 162 g/mol. The van der Waals surface area contributed by atoms with E-state index >= 15 is 0 Å². The van der Waals surface area contributed by atoms with E-state index in [0.717, 1.165) is 19.3 Å². The molecule has 0 heterocycles. The first kappa shape index (κ1) is 8.98. The van der Waals surface area contributed by atoms with E-state index in [2.05, 4.69) is 12.7 Å². The molecule has 0 unspecified atom stereocenters. The van der Waals surface area contributed by atoms with E-state index in [1.807, 2.05) is 6.08 Å². The number of hydrogen-bond donors (Lipinski definition) is 0. The third-order valence-electron chi connectivity index (χ3n) is 1.91. The Hall–Kier alpha value is -1.11. The first-order chi connectivity index (χ1) is 5.83. The largest absolute Gasteiger partial charge is 0.295 e. The summed E-state index contributed by atoms with van der Waals surface area (Å²) in [7, 11) is 0. The molecule has 1 nitrogen and oxygen atoms in total. The molecule has 0 amide bonds. The number of rotatable bonds is 5. The number of carbonyl (C=O) groups is 1. The molecule has 0 aromatic rings. The fraction of sp³-hybridized carbons (Fsp3) is 0.364. The van der Waals surface area contributed by atoms with Crippen LogP contribution >= 0.6 is 0 Å². The molecule has 1 aliphatic carbocycles. The van der Waals surface area contributed by atoms with E-state index in [1.54, 1.807) is 12.2 Å². The number of allylic oxidation sites excluding steroid dienone is 5. The first-order valence-electron chi connectivity index (χ1n) is 4.33. The van der Waals surface area contributed by atoms with Gasteiger partial charge < -0.3 is 0 Å². The van der Waals surface area contributed by atoms with Gasteiger partial charge >= 0.3 is 0 Å². The molecule has 0 aromatic heterocycles. The highest BCUT2D eigenvalue weighted by Crippen LogP contribution is 2.20. The third-order valence-corrected chi connectivity index (χ3v) is 1.91. The molecular weight excluding hydrogens is 148 g/mol. The van der Waals surface area contributed by atoms with Gasteiger partial charge in [0, 0.05) is 6.42 Å². The quantitative estimate of drug-likeness (QED) is 0.448. The van der Waals surface area contributed by atoms with Crippen molar-refractivity contribution in [1.29, 1.82) is 0 Å². The Labute approximate surface area is 73.5 Å². The van der Waals surface area contributed by atoms with E-state index in [9.17, 15) is 4.79 Å². The van der Waals surface area contributed by atoms with Crippen LogP contribution in [0.4, 0.5) is 0 Å². The SMILES string of the molecule is C=C/C=C/CCCC1=CC(=O)C1. The van der Waals surface area contributed by atoms with Crippen molar-refractivity contribution in [3.05, 3.63) is 36.5 Å². The van der Waals surface area contributed by atoms with Gasteiger partial charge in [0.25, 0.3) is 0 Å². The molecule has 1 rings (SSSR count). The smallest absolute Gasteiger partial charge is 0.159 e. The summed E-state index contributed by atoms with van der Waals surface area (Å²) in [6.45, 7) is 3.59. The van der Waals surface area contributed by atoms with E-state index in [-0.39, 0.29) is 5.78 Å². The highest BCUT2D eigenvalue weighted by Gasteiger charge is 2.13. The Balaban J connectivity index is 2.04. The van der Waals surface area contributed by atoms with Crippen molar-refractivity contribution in [3.63, 3.8) is 0 Å². The Morgan fingerprint density at radius 2 is 2.33 bits per heavy atom. The predicted molar refractivity (Wildman–Crippen MR) is 50.9 cm³/mol. The zero-order valence-corrected chi connectivity index (χ0v) is 7.25. The van der Waals surface area contributed by atoms with Crippen LogP contribution in [-0.2, 0) is 4.79 Å². The summed E-state index contributed by atoms with van der Waals surface area (Å²) in [6, 6.07) is 0. The van der Waals surface area contributed by atoms with Crippen LogP contribution < -0.4 is 0 Å². The molecule has 0 saturated carbocycles. The zero-order chi connectivity index (χ0) is 8.81. The minimum atomic E-state index is 0.284. The fourth-order valence-corrected chi connectivity index (χ4v) is 1.22. The summed E-state index contributed by atoms with van der Waals surface area (Å²) in [5.74, 6) is 0.284. The standard InChI is InChI=1S/C11H14O/c1-2-3-4-5-6-7-10-8-11(12)9-10/h2-4,8H,1,5-7,9H2/b4-3+. The van der Waals surface area contributed by atoms with Crippen LogP contribution in [-0.4, -0.2) is 5.78 Å². The molecule has 0 N–H and O–H groups in total. The second kappa shape index (κ2) is 4.70. The van der Waals surface area contributed by atoms with Crippen molar-refractivity contribution in [2.75, 3.05) is 0 Å². The van der Waals surface area contributed by atoms with Gasteiger partial charge in [-0.3, -0.25) is 4.79 Å². The average molecular weight is 162 g/mol. The van der Waals surface area contributed by atoms with Gasteiger partial charge in [-0.05, 0) is 25.3 Å². The third kappa shape index (κ3) is 2.87. The highest BCUT2D eigenvalue weighted by molar-refractivity contribution is 5.98. The number of ketones is 1. The van der Waals surface area contributed by atoms with Crippen LogP contribution in [0.25, 0.3) is 0 Å². The van der Waals surface area contributed by atoms with Crippen molar-refractivity contribution in [1.82, 2.24) is 0 Å². The lowest BCUT2D eigenvalue weighted by Crippen LogP contribution is -2.07. The molecule has 0 atom stereocenters. The minimum Gasteiger partial charge on any atom is -0.295 e. The molecule has 1 aliphatic rings. The summed E-state index contributed by atoms with van der Waals surface area (Å²) in [6.07, 6.45) is 11.6. The number of hydrogen-bond acceptors (Lipinski definition) is 1. The number of unbranched alkanes of at least 4 members (excludes halogenated alkanes) is 1. The second-order valence-corrected chi connectivity index (χ2v) is 3.00. The normalized spacial score (nSPS) is 16.0. The van der Waals surface area contributed by atoms with Crippen LogP contribution in [0.15, 0.2) is 36.5 Å². The maximum Gasteiger partial charge on any atom is 0.159 e. The molecular formula is C11H14O. The van der Waals surface area contributed by atoms with Crippen LogP contribution in [0.2, 0.25) is 0 Å². The van der Waals surface area contributed by atoms with Gasteiger partial charge in [0.05, 0.1) is 0 Å². The van der Waals surface area contributed by atoms with Crippen molar-refractivity contribution in [3.8, 4) is 0 Å². The lowest BCUT2D eigenvalue weighted by atomic mass is 9.93. The number of carbonyl (C=O) groups excluding carboxylic acids is 1. The average Bonchev–Trinajstić information content (AvgIpc) is 2.00. The van der Waals surface area contributed by atoms with E-state index in [1.165, 1.54) is 5.57 Å². The van der Waals surface area contributed by atoms with E-state index in [4.69, 9.17) is 0 Å². The Morgan fingerprint density at radius 1 is 1.58 bits per heavy atom. The van der Waals surface area contributed by atoms with Crippen LogP contribution in [0, 0.1) is 0 Å². The molecule has 12 heavy (non-hydrogen) atoms. The molecule has 0 radical (unpaired) electrons. The topological polar surface area (TPSA) is 17.1 Å². The molecule has 0 aliphatic heterocycles. The second-order valence-electron chi connectivity index (χ2n) is 3.00. The van der Waals surface area contributed by atoms with Crippen molar-refractivity contribution in [2.24, 2.45) is 0 Å². The summed E-state index contributed by atoms with van der Waals surface area (Å²) >= 11 is 0. The van der Waals surface area contributed by atoms with E-state index in [0.29, 0.717) is 6.42 Å². The first-order valence-corrected chi connectivity index (χ1v) is 4.33. The van der Waals surface area contributed by atoms with Gasteiger partial charge in [-0.25, -0.2) is 0 Å². The molecule has 0 aromatic carbocycles. The van der Waals surface area contributed by atoms with Crippen LogP contribution in [0.5, 0.6) is 0 Å². The molecule has 0 saturated heterocycles. The Morgan fingerprint density at radius 3 is 2.92 bits per heavy atom. The molecule has 0 spiro atoms. The van der Waals surface area contributed by atoms with Gasteiger partial charge in [-0.1, -0.05) is 30.4 Å². The lowest BCUT2D eigenvalue weighted by molar-refractivity contribution is -0.115. The molecule has 0 bridgehead atoms. The van der Waals surface area contributed by atoms with Gasteiger partial charge in [0.15, 0.2) is 5.78 Å². The molecule has 64 valence electrons. The van der Waals surface area contributed by atoms with Crippen LogP contribution in [0.1, 0.15) is 25.7 Å². The maximum atomic E-state index is 10.5. The van der Waals surface area contributed by atoms with Crippen LogP contribution in [0.3, 0.4) is 0 Å². The summed E-state index contributed by atoms with van der Waals surface area (Å²) in [5, 5.41) is 0. The maximum absolute atomic E-state index is 10.5. The van der Waals surface area contributed by atoms with Crippen molar-refractivity contribution in [2.45, 2.75) is 25.7 Å². The minimum absolute atomic E-state index is 0.284. The Bertz CT molecular complexity index is 233. The highest BCUT2D eigenvalue weighted by atomic mass is 16.1. The predicted octanol–water partition coefficient (Wildman–Crippen LogP) is 2.80. The summed E-state index contributed by atoms with van der Waals surface area (Å²) in [4.78, 5) is 10.5. The fourth-order valence-electron chi connectivity index (χ4n) is 1.22. The lowest BCUT2D eigenvalue weighted by Gasteiger charge is -2.11. The molecule has 1 heteroatoms. The Kier molecular flexibility index (Phi) is 3.52. The van der Waals surface area contributed by atoms with E-state index < -0.39 is 0 Å². The van der Waals surface area contributed by atoms with Gasteiger partial charge in [-0.15, -0.1) is 0 Å². The van der Waals surface area contributed by atoms with Crippen molar-refractivity contribution >= 4 is 5.78 Å². The summed E-state index contributed by atoms with van der Waals surface area (Å²) < 4.78 is 0. The zero-order valence-electron chi connectivity index (χ0n) is 7.25.